The van der Waals surface area contributed by atoms with Crippen molar-refractivity contribution in [3.8, 4) is 5.75 Å². The molecule has 2 aromatic rings. The second-order valence-corrected chi connectivity index (χ2v) is 5.28. The molecule has 0 aliphatic heterocycles. The van der Waals surface area contributed by atoms with Crippen LogP contribution in [0.25, 0.3) is 0 Å². The molecule has 0 saturated heterocycles. The average Bonchev–Trinajstić information content (AvgIpc) is 2.53. The highest BCUT2D eigenvalue weighted by molar-refractivity contribution is 6.30. The van der Waals surface area contributed by atoms with E-state index in [0.29, 0.717) is 10.6 Å². The summed E-state index contributed by atoms with van der Waals surface area (Å²) in [5.41, 5.74) is 1.59. The van der Waals surface area contributed by atoms with E-state index in [-0.39, 0.29) is 11.9 Å². The van der Waals surface area contributed by atoms with Crippen LogP contribution in [0.3, 0.4) is 0 Å². The predicted octanol–water partition coefficient (Wildman–Crippen LogP) is 4.18. The number of para-hydroxylation sites is 1. The molecule has 0 radical (unpaired) electrons. The first-order valence-corrected chi connectivity index (χ1v) is 7.08. The third-order valence-electron chi connectivity index (χ3n) is 3.58. The first kappa shape index (κ1) is 15.4. The van der Waals surface area contributed by atoms with Crippen molar-refractivity contribution in [2.24, 2.45) is 0 Å². The lowest BCUT2D eigenvalue weighted by Gasteiger charge is -2.26. The van der Waals surface area contributed by atoms with E-state index < -0.39 is 0 Å². The number of halogens is 1. The van der Waals surface area contributed by atoms with Crippen LogP contribution in [0, 0.1) is 0 Å². The molecule has 0 heterocycles. The minimum atomic E-state index is -0.0932. The largest absolute Gasteiger partial charge is 0.496 e. The fourth-order valence-corrected chi connectivity index (χ4v) is 2.32. The highest BCUT2D eigenvalue weighted by Gasteiger charge is 2.21. The quantitative estimate of drug-likeness (QED) is 0.848. The molecule has 3 nitrogen and oxygen atoms in total. The Bertz CT molecular complexity index is 625. The van der Waals surface area contributed by atoms with Crippen molar-refractivity contribution < 1.29 is 9.53 Å². The van der Waals surface area contributed by atoms with Gasteiger partial charge in [-0.1, -0.05) is 29.8 Å². The average molecular weight is 304 g/mol. The number of hydrogen-bond donors (Lipinski definition) is 0. The first-order chi connectivity index (χ1) is 10.0. The van der Waals surface area contributed by atoms with Crippen molar-refractivity contribution in [1.82, 2.24) is 4.90 Å². The standard InChI is InChI=1S/C17H18ClNO2/c1-12(15-6-4-5-7-16(15)21-3)19(2)17(20)13-8-10-14(18)11-9-13/h4-12H,1-3H3. The number of ether oxygens (including phenoxy) is 1. The zero-order chi connectivity index (χ0) is 15.4. The van der Waals surface area contributed by atoms with Gasteiger partial charge in [0.05, 0.1) is 13.2 Å². The summed E-state index contributed by atoms with van der Waals surface area (Å²) in [4.78, 5) is 14.2. The Morgan fingerprint density at radius 3 is 2.38 bits per heavy atom. The van der Waals surface area contributed by atoms with Gasteiger partial charge < -0.3 is 9.64 Å². The molecule has 4 heteroatoms. The zero-order valence-electron chi connectivity index (χ0n) is 12.3. The van der Waals surface area contributed by atoms with Gasteiger partial charge in [0.2, 0.25) is 0 Å². The van der Waals surface area contributed by atoms with Gasteiger partial charge in [-0.05, 0) is 37.3 Å². The third kappa shape index (κ3) is 3.37. The van der Waals surface area contributed by atoms with E-state index in [2.05, 4.69) is 0 Å². The van der Waals surface area contributed by atoms with Crippen LogP contribution in [0.2, 0.25) is 5.02 Å². The summed E-state index contributed by atoms with van der Waals surface area (Å²) in [6.45, 7) is 1.98. The summed E-state index contributed by atoms with van der Waals surface area (Å²) in [7, 11) is 3.42. The number of benzene rings is 2. The van der Waals surface area contributed by atoms with Crippen LogP contribution in [0.5, 0.6) is 5.75 Å². The summed E-state index contributed by atoms with van der Waals surface area (Å²) in [6.07, 6.45) is 0. The Morgan fingerprint density at radius 1 is 1.14 bits per heavy atom. The molecule has 0 spiro atoms. The smallest absolute Gasteiger partial charge is 0.254 e. The van der Waals surface area contributed by atoms with Gasteiger partial charge >= 0.3 is 0 Å². The molecule has 0 aliphatic rings. The maximum absolute atomic E-state index is 12.5. The Kier molecular flexibility index (Phi) is 4.86. The summed E-state index contributed by atoms with van der Waals surface area (Å²) in [5, 5.41) is 0.618. The second-order valence-electron chi connectivity index (χ2n) is 4.84. The third-order valence-corrected chi connectivity index (χ3v) is 3.83. The molecule has 1 amide bonds. The summed E-state index contributed by atoms with van der Waals surface area (Å²) in [6, 6.07) is 14.5. The van der Waals surface area contributed by atoms with Crippen LogP contribution in [0.15, 0.2) is 48.5 Å². The van der Waals surface area contributed by atoms with Crippen molar-refractivity contribution in [1.29, 1.82) is 0 Å². The van der Waals surface area contributed by atoms with E-state index in [9.17, 15) is 4.79 Å². The van der Waals surface area contributed by atoms with E-state index in [0.717, 1.165) is 11.3 Å². The van der Waals surface area contributed by atoms with E-state index in [4.69, 9.17) is 16.3 Å². The molecule has 2 rings (SSSR count). The maximum atomic E-state index is 12.5. The second kappa shape index (κ2) is 6.64. The van der Waals surface area contributed by atoms with Gasteiger partial charge in [-0.15, -0.1) is 0 Å². The van der Waals surface area contributed by atoms with Gasteiger partial charge in [0, 0.05) is 23.2 Å². The lowest BCUT2D eigenvalue weighted by atomic mass is 10.0. The van der Waals surface area contributed by atoms with E-state index in [1.165, 1.54) is 0 Å². The lowest BCUT2D eigenvalue weighted by molar-refractivity contribution is 0.0741. The minimum Gasteiger partial charge on any atom is -0.496 e. The molecule has 0 bridgehead atoms. The van der Waals surface area contributed by atoms with Crippen molar-refractivity contribution in [2.45, 2.75) is 13.0 Å². The molecule has 1 unspecified atom stereocenters. The molecule has 0 aromatic heterocycles. The normalized spacial score (nSPS) is 11.8. The topological polar surface area (TPSA) is 29.5 Å². The fraction of sp³-hybridized carbons (Fsp3) is 0.235. The molecule has 0 saturated carbocycles. The number of rotatable bonds is 4. The molecular weight excluding hydrogens is 286 g/mol. The molecule has 0 N–H and O–H groups in total. The van der Waals surface area contributed by atoms with Gasteiger partial charge in [-0.2, -0.15) is 0 Å². The van der Waals surface area contributed by atoms with E-state index in [1.807, 2.05) is 31.2 Å². The van der Waals surface area contributed by atoms with Crippen molar-refractivity contribution in [3.63, 3.8) is 0 Å². The van der Waals surface area contributed by atoms with Crippen LogP contribution in [-0.2, 0) is 0 Å². The Labute approximate surface area is 130 Å². The summed E-state index contributed by atoms with van der Waals surface area (Å²) >= 11 is 5.85. The van der Waals surface area contributed by atoms with Gasteiger partial charge in [-0.25, -0.2) is 0 Å². The molecule has 1 atom stereocenters. The van der Waals surface area contributed by atoms with Crippen molar-refractivity contribution >= 4 is 17.5 Å². The Morgan fingerprint density at radius 2 is 1.76 bits per heavy atom. The van der Waals surface area contributed by atoms with Gasteiger partial charge in [0.1, 0.15) is 5.75 Å². The highest BCUT2D eigenvalue weighted by atomic mass is 35.5. The van der Waals surface area contributed by atoms with Gasteiger partial charge in [0.15, 0.2) is 0 Å². The summed E-state index contributed by atoms with van der Waals surface area (Å²) < 4.78 is 5.36. The van der Waals surface area contributed by atoms with E-state index >= 15 is 0 Å². The Hall–Kier alpha value is -2.00. The molecule has 0 aliphatic carbocycles. The highest BCUT2D eigenvalue weighted by Crippen LogP contribution is 2.29. The molecular formula is C17H18ClNO2. The van der Waals surface area contributed by atoms with Crippen molar-refractivity contribution in [2.75, 3.05) is 14.2 Å². The number of carbonyl (C=O) groups excluding carboxylic acids is 1. The van der Waals surface area contributed by atoms with Crippen LogP contribution in [0.4, 0.5) is 0 Å². The minimum absolute atomic E-state index is 0.0509. The molecule has 110 valence electrons. The molecule has 21 heavy (non-hydrogen) atoms. The Balaban J connectivity index is 2.24. The number of hydrogen-bond acceptors (Lipinski definition) is 2. The van der Waals surface area contributed by atoms with Gasteiger partial charge in [-0.3, -0.25) is 4.79 Å². The van der Waals surface area contributed by atoms with E-state index in [1.54, 1.807) is 43.3 Å². The molecule has 2 aromatic carbocycles. The lowest BCUT2D eigenvalue weighted by Crippen LogP contribution is -2.29. The number of nitrogens with zero attached hydrogens (tertiary/aromatic N) is 1. The van der Waals surface area contributed by atoms with Crippen LogP contribution in [0.1, 0.15) is 28.9 Å². The van der Waals surface area contributed by atoms with Gasteiger partial charge in [0.25, 0.3) is 5.91 Å². The van der Waals surface area contributed by atoms with Crippen LogP contribution >= 0.6 is 11.6 Å². The monoisotopic (exact) mass is 303 g/mol. The number of methoxy groups -OCH3 is 1. The molecule has 0 fully saturated rings. The first-order valence-electron chi connectivity index (χ1n) is 6.70. The van der Waals surface area contributed by atoms with Crippen molar-refractivity contribution in [3.05, 3.63) is 64.7 Å². The fourth-order valence-electron chi connectivity index (χ4n) is 2.19. The summed E-state index contributed by atoms with van der Waals surface area (Å²) in [5.74, 6) is 0.728. The number of carbonyl (C=O) groups is 1. The number of amides is 1. The van der Waals surface area contributed by atoms with Crippen LogP contribution < -0.4 is 4.74 Å². The predicted molar refractivity (Wildman–Crippen MR) is 85.0 cm³/mol. The van der Waals surface area contributed by atoms with Crippen LogP contribution in [-0.4, -0.2) is 25.0 Å². The maximum Gasteiger partial charge on any atom is 0.254 e. The SMILES string of the molecule is COc1ccccc1C(C)N(C)C(=O)c1ccc(Cl)cc1. The zero-order valence-corrected chi connectivity index (χ0v) is 13.1.